The van der Waals surface area contributed by atoms with Crippen LogP contribution < -0.4 is 10.6 Å². The zero-order valence-corrected chi connectivity index (χ0v) is 23.0. The Hall–Kier alpha value is -3.06. The van der Waals surface area contributed by atoms with Gasteiger partial charge in [-0.15, -0.1) is 0 Å². The van der Waals surface area contributed by atoms with Crippen LogP contribution in [0.4, 0.5) is 10.5 Å². The van der Waals surface area contributed by atoms with Crippen LogP contribution in [0.2, 0.25) is 5.02 Å². The molecule has 0 spiro atoms. The van der Waals surface area contributed by atoms with Crippen LogP contribution >= 0.6 is 11.6 Å². The minimum absolute atomic E-state index is 0.241. The average Bonchev–Trinajstić information content (AvgIpc) is 2.78. The van der Waals surface area contributed by atoms with Crippen molar-refractivity contribution in [1.29, 1.82) is 0 Å². The zero-order chi connectivity index (χ0) is 27.0. The van der Waals surface area contributed by atoms with Gasteiger partial charge in [0.2, 0.25) is 5.91 Å². The van der Waals surface area contributed by atoms with Gasteiger partial charge in [-0.2, -0.15) is 0 Å². The minimum atomic E-state index is -0.934. The lowest BCUT2D eigenvalue weighted by Crippen LogP contribution is -2.54. The van der Waals surface area contributed by atoms with E-state index in [0.717, 1.165) is 5.56 Å². The molecular weight excluding hydrogens is 478 g/mol. The minimum Gasteiger partial charge on any atom is -0.444 e. The number of nitrogens with one attached hydrogen (secondary N) is 2. The predicted molar refractivity (Wildman–Crippen MR) is 144 cm³/mol. The lowest BCUT2D eigenvalue weighted by atomic mass is 9.98. The fourth-order valence-electron chi connectivity index (χ4n) is 3.82. The molecule has 0 bridgehead atoms. The molecular formula is C28H38ClN3O4. The third-order valence-electron chi connectivity index (χ3n) is 5.50. The number of anilines is 1. The summed E-state index contributed by atoms with van der Waals surface area (Å²) in [5, 5.41) is 6.07. The van der Waals surface area contributed by atoms with Gasteiger partial charge in [0.25, 0.3) is 5.91 Å². The maximum Gasteiger partial charge on any atom is 0.408 e. The Bertz CT molecular complexity index is 1030. The summed E-state index contributed by atoms with van der Waals surface area (Å²) in [4.78, 5) is 41.8. The second-order valence-corrected chi connectivity index (χ2v) is 10.5. The molecule has 2 aromatic carbocycles. The number of ether oxygens (including phenoxy) is 1. The second kappa shape index (κ2) is 12.8. The summed E-state index contributed by atoms with van der Waals surface area (Å²) < 4.78 is 5.39. The van der Waals surface area contributed by atoms with Gasteiger partial charge in [-0.25, -0.2) is 4.79 Å². The monoisotopic (exact) mass is 515 g/mol. The van der Waals surface area contributed by atoms with E-state index in [9.17, 15) is 14.4 Å². The Morgan fingerprint density at radius 1 is 1.03 bits per heavy atom. The number of aryl methyl sites for hydroxylation is 1. The quantitative estimate of drug-likeness (QED) is 0.421. The van der Waals surface area contributed by atoms with Crippen molar-refractivity contribution < 1.29 is 19.1 Å². The highest BCUT2D eigenvalue weighted by molar-refractivity contribution is 6.34. The Morgan fingerprint density at radius 2 is 1.67 bits per heavy atom. The topological polar surface area (TPSA) is 87.7 Å². The number of halogens is 1. The van der Waals surface area contributed by atoms with Gasteiger partial charge in [0.05, 0.1) is 10.7 Å². The molecule has 2 rings (SSSR count). The van der Waals surface area contributed by atoms with Crippen molar-refractivity contribution in [2.45, 2.75) is 72.6 Å². The van der Waals surface area contributed by atoms with Crippen molar-refractivity contribution in [3.63, 3.8) is 0 Å². The summed E-state index contributed by atoms with van der Waals surface area (Å²) in [6, 6.07) is 12.7. The summed E-state index contributed by atoms with van der Waals surface area (Å²) in [5.41, 5.74) is 1.25. The van der Waals surface area contributed by atoms with Crippen molar-refractivity contribution in [3.05, 3.63) is 64.7 Å². The maximum atomic E-state index is 13.9. The number of nitrogens with zero attached hydrogens (tertiary/aromatic N) is 1. The van der Waals surface area contributed by atoms with Gasteiger partial charge < -0.3 is 20.3 Å². The largest absolute Gasteiger partial charge is 0.444 e. The molecule has 0 aliphatic rings. The van der Waals surface area contributed by atoms with Crippen LogP contribution in [0.5, 0.6) is 0 Å². The van der Waals surface area contributed by atoms with E-state index in [2.05, 4.69) is 10.6 Å². The van der Waals surface area contributed by atoms with Crippen LogP contribution in [0.3, 0.4) is 0 Å². The zero-order valence-electron chi connectivity index (χ0n) is 22.2. The molecule has 8 heteroatoms. The SMILES string of the molecule is CCCN(C(=O)C(NC(=O)OC(C)(C)C)C(C)C)C(C(=O)Nc1c(C)cccc1Cl)c1ccccc1. The molecule has 0 aliphatic carbocycles. The molecule has 2 N–H and O–H groups in total. The molecule has 196 valence electrons. The number of benzene rings is 2. The highest BCUT2D eigenvalue weighted by atomic mass is 35.5. The Balaban J connectivity index is 2.48. The molecule has 2 unspecified atom stereocenters. The molecule has 0 aromatic heterocycles. The van der Waals surface area contributed by atoms with Crippen LogP contribution in [0, 0.1) is 12.8 Å². The Morgan fingerprint density at radius 3 is 2.19 bits per heavy atom. The summed E-state index contributed by atoms with van der Waals surface area (Å²) in [7, 11) is 0. The third-order valence-corrected chi connectivity index (χ3v) is 5.81. The van der Waals surface area contributed by atoms with Gasteiger partial charge in [-0.3, -0.25) is 9.59 Å². The van der Waals surface area contributed by atoms with Crippen molar-refractivity contribution in [2.75, 3.05) is 11.9 Å². The lowest BCUT2D eigenvalue weighted by Gasteiger charge is -2.35. The molecule has 36 heavy (non-hydrogen) atoms. The summed E-state index contributed by atoms with van der Waals surface area (Å²) in [6.45, 7) is 13.1. The standard InChI is InChI=1S/C28H38ClN3O4/c1-8-17-32(26(34)22(18(2)3)31-27(35)36-28(5,6)7)24(20-14-10-9-11-15-20)25(33)30-23-19(4)13-12-16-21(23)29/h9-16,18,22,24H,8,17H2,1-7H3,(H,30,33)(H,31,35). The molecule has 0 saturated heterocycles. The lowest BCUT2D eigenvalue weighted by molar-refractivity contribution is -0.141. The maximum absolute atomic E-state index is 13.9. The fraction of sp³-hybridized carbons (Fsp3) is 0.464. The van der Waals surface area contributed by atoms with Crippen LogP contribution in [-0.4, -0.2) is 41.0 Å². The van der Waals surface area contributed by atoms with E-state index < -0.39 is 23.8 Å². The van der Waals surface area contributed by atoms with E-state index in [1.807, 2.05) is 70.2 Å². The molecule has 0 radical (unpaired) electrons. The molecule has 2 aromatic rings. The van der Waals surface area contributed by atoms with Crippen LogP contribution in [-0.2, 0) is 14.3 Å². The average molecular weight is 516 g/mol. The van der Waals surface area contributed by atoms with Crippen molar-refractivity contribution in [3.8, 4) is 0 Å². The molecule has 0 aliphatic heterocycles. The van der Waals surface area contributed by atoms with Crippen LogP contribution in [0.25, 0.3) is 0 Å². The van der Waals surface area contributed by atoms with Gasteiger partial charge in [0, 0.05) is 6.54 Å². The first kappa shape index (κ1) is 29.2. The molecule has 3 amide bonds. The Labute approximate surface area is 219 Å². The summed E-state index contributed by atoms with van der Waals surface area (Å²) in [5.74, 6) is -0.994. The second-order valence-electron chi connectivity index (χ2n) is 10.1. The van der Waals surface area contributed by atoms with Crippen LogP contribution in [0.1, 0.15) is 65.1 Å². The van der Waals surface area contributed by atoms with E-state index >= 15 is 0 Å². The number of para-hydroxylation sites is 1. The number of hydrogen-bond acceptors (Lipinski definition) is 4. The number of carbonyl (C=O) groups is 3. The fourth-order valence-corrected chi connectivity index (χ4v) is 4.09. The summed E-state index contributed by atoms with van der Waals surface area (Å²) in [6.07, 6.45) is -0.0662. The molecule has 0 saturated carbocycles. The van der Waals surface area contributed by atoms with Crippen LogP contribution in [0.15, 0.2) is 48.5 Å². The van der Waals surface area contributed by atoms with E-state index in [0.29, 0.717) is 29.2 Å². The normalized spacial score (nSPS) is 13.0. The summed E-state index contributed by atoms with van der Waals surface area (Å²) >= 11 is 6.37. The van der Waals surface area contributed by atoms with E-state index in [1.54, 1.807) is 26.8 Å². The van der Waals surface area contributed by atoms with Gasteiger partial charge in [0.15, 0.2) is 0 Å². The van der Waals surface area contributed by atoms with Gasteiger partial charge in [-0.05, 0) is 57.2 Å². The molecule has 0 heterocycles. The molecule has 0 fully saturated rings. The predicted octanol–water partition coefficient (Wildman–Crippen LogP) is 6.12. The van der Waals surface area contributed by atoms with Gasteiger partial charge in [0.1, 0.15) is 17.7 Å². The first-order valence-corrected chi connectivity index (χ1v) is 12.6. The smallest absolute Gasteiger partial charge is 0.408 e. The first-order valence-electron chi connectivity index (χ1n) is 12.3. The van der Waals surface area contributed by atoms with Crippen molar-refractivity contribution >= 4 is 35.2 Å². The number of rotatable bonds is 9. The highest BCUT2D eigenvalue weighted by Crippen LogP contribution is 2.29. The van der Waals surface area contributed by atoms with Gasteiger partial charge >= 0.3 is 6.09 Å². The number of alkyl carbamates (subject to hydrolysis) is 1. The number of amides is 3. The number of hydrogen-bond donors (Lipinski definition) is 2. The highest BCUT2D eigenvalue weighted by Gasteiger charge is 2.37. The van der Waals surface area contributed by atoms with E-state index in [4.69, 9.17) is 16.3 Å². The number of carbonyl (C=O) groups excluding carboxylic acids is 3. The Kier molecular flexibility index (Phi) is 10.3. The van der Waals surface area contributed by atoms with Crippen molar-refractivity contribution in [1.82, 2.24) is 10.2 Å². The third kappa shape index (κ3) is 7.98. The molecule has 2 atom stereocenters. The van der Waals surface area contributed by atoms with Gasteiger partial charge in [-0.1, -0.05) is 74.8 Å². The van der Waals surface area contributed by atoms with E-state index in [-0.39, 0.29) is 17.7 Å². The van der Waals surface area contributed by atoms with Crippen molar-refractivity contribution in [2.24, 2.45) is 5.92 Å². The molecule has 7 nitrogen and oxygen atoms in total. The van der Waals surface area contributed by atoms with E-state index in [1.165, 1.54) is 4.90 Å². The first-order chi connectivity index (χ1) is 16.9.